The van der Waals surface area contributed by atoms with E-state index in [2.05, 4.69) is 0 Å². The SMILES string of the molecule is CC1=C(c2ccccc2)[C](c2ccccc2)C(=O)O1. The van der Waals surface area contributed by atoms with Crippen LogP contribution in [0.3, 0.4) is 0 Å². The van der Waals surface area contributed by atoms with E-state index in [1.165, 1.54) is 0 Å². The zero-order valence-corrected chi connectivity index (χ0v) is 10.6. The van der Waals surface area contributed by atoms with Gasteiger partial charge in [-0.1, -0.05) is 60.7 Å². The molecule has 0 N–H and O–H groups in total. The molecule has 0 saturated heterocycles. The van der Waals surface area contributed by atoms with Crippen LogP contribution in [0.5, 0.6) is 0 Å². The van der Waals surface area contributed by atoms with E-state index in [1.54, 1.807) is 0 Å². The first-order valence-electron chi connectivity index (χ1n) is 6.18. The summed E-state index contributed by atoms with van der Waals surface area (Å²) in [5.74, 6) is 1.03. The van der Waals surface area contributed by atoms with Crippen LogP contribution in [0.25, 0.3) is 5.57 Å². The van der Waals surface area contributed by atoms with Gasteiger partial charge in [-0.3, -0.25) is 4.79 Å². The summed E-state index contributed by atoms with van der Waals surface area (Å²) in [5, 5.41) is 0. The van der Waals surface area contributed by atoms with E-state index in [1.807, 2.05) is 67.6 Å². The Kier molecular flexibility index (Phi) is 2.92. The van der Waals surface area contributed by atoms with Gasteiger partial charge < -0.3 is 4.74 Å². The number of allylic oxidation sites excluding steroid dienone is 1. The molecule has 1 aliphatic heterocycles. The molecule has 19 heavy (non-hydrogen) atoms. The molecule has 0 bridgehead atoms. The lowest BCUT2D eigenvalue weighted by molar-refractivity contribution is -0.134. The first-order chi connectivity index (χ1) is 9.27. The third-order valence-corrected chi connectivity index (χ3v) is 3.18. The van der Waals surface area contributed by atoms with Crippen molar-refractivity contribution in [2.75, 3.05) is 0 Å². The molecule has 93 valence electrons. The molecule has 1 aliphatic rings. The molecule has 0 aromatic heterocycles. The highest BCUT2D eigenvalue weighted by molar-refractivity contribution is 6.10. The largest absolute Gasteiger partial charge is 0.430 e. The van der Waals surface area contributed by atoms with Crippen LogP contribution in [0, 0.1) is 5.92 Å². The molecule has 0 atom stereocenters. The lowest BCUT2D eigenvalue weighted by Crippen LogP contribution is -2.10. The molecule has 3 rings (SSSR count). The lowest BCUT2D eigenvalue weighted by atomic mass is 9.87. The molecule has 1 heterocycles. The zero-order valence-electron chi connectivity index (χ0n) is 10.6. The number of ether oxygens (including phenoxy) is 1. The van der Waals surface area contributed by atoms with Crippen LogP contribution in [0.4, 0.5) is 0 Å². The number of esters is 1. The van der Waals surface area contributed by atoms with Gasteiger partial charge in [0.15, 0.2) is 0 Å². The van der Waals surface area contributed by atoms with Crippen molar-refractivity contribution in [1.29, 1.82) is 0 Å². The van der Waals surface area contributed by atoms with E-state index in [-0.39, 0.29) is 5.97 Å². The van der Waals surface area contributed by atoms with E-state index in [0.29, 0.717) is 11.7 Å². The average molecular weight is 249 g/mol. The molecule has 0 aliphatic carbocycles. The topological polar surface area (TPSA) is 26.3 Å². The van der Waals surface area contributed by atoms with Crippen LogP contribution in [0.1, 0.15) is 18.1 Å². The van der Waals surface area contributed by atoms with Crippen molar-refractivity contribution in [2.24, 2.45) is 0 Å². The monoisotopic (exact) mass is 249 g/mol. The number of carbonyl (C=O) groups is 1. The van der Waals surface area contributed by atoms with Gasteiger partial charge in [0, 0.05) is 5.57 Å². The Morgan fingerprint density at radius 2 is 1.32 bits per heavy atom. The van der Waals surface area contributed by atoms with Gasteiger partial charge in [0.25, 0.3) is 0 Å². The van der Waals surface area contributed by atoms with Crippen LogP contribution >= 0.6 is 0 Å². The Labute approximate surface area is 112 Å². The van der Waals surface area contributed by atoms with Crippen molar-refractivity contribution >= 4 is 11.5 Å². The van der Waals surface area contributed by atoms with Gasteiger partial charge in [-0.05, 0) is 18.1 Å². The minimum absolute atomic E-state index is 0.275. The lowest BCUT2D eigenvalue weighted by Gasteiger charge is -2.10. The van der Waals surface area contributed by atoms with Crippen molar-refractivity contribution in [3.63, 3.8) is 0 Å². The highest BCUT2D eigenvalue weighted by atomic mass is 16.5. The maximum atomic E-state index is 12.1. The van der Waals surface area contributed by atoms with Crippen molar-refractivity contribution in [3.05, 3.63) is 83.5 Å². The van der Waals surface area contributed by atoms with Crippen molar-refractivity contribution in [3.8, 4) is 0 Å². The Hall–Kier alpha value is -2.35. The fourth-order valence-electron chi connectivity index (χ4n) is 2.34. The number of hydrogen-bond donors (Lipinski definition) is 0. The number of carbonyl (C=O) groups excluding carboxylic acids is 1. The smallest absolute Gasteiger partial charge is 0.328 e. The maximum Gasteiger partial charge on any atom is 0.328 e. The molecule has 0 saturated carbocycles. The van der Waals surface area contributed by atoms with Gasteiger partial charge in [0.2, 0.25) is 0 Å². The second-order valence-electron chi connectivity index (χ2n) is 4.43. The molecule has 2 aromatic carbocycles. The number of hydrogen-bond acceptors (Lipinski definition) is 2. The molecular formula is C17H13O2. The predicted molar refractivity (Wildman–Crippen MR) is 73.9 cm³/mol. The summed E-state index contributed by atoms with van der Waals surface area (Å²) >= 11 is 0. The third-order valence-electron chi connectivity index (χ3n) is 3.18. The van der Waals surface area contributed by atoms with Crippen molar-refractivity contribution in [1.82, 2.24) is 0 Å². The molecule has 0 amide bonds. The second-order valence-corrected chi connectivity index (χ2v) is 4.43. The van der Waals surface area contributed by atoms with Crippen LogP contribution in [-0.2, 0) is 9.53 Å². The van der Waals surface area contributed by atoms with E-state index >= 15 is 0 Å². The summed E-state index contributed by atoms with van der Waals surface area (Å²) < 4.78 is 5.30. The first-order valence-corrected chi connectivity index (χ1v) is 6.18. The van der Waals surface area contributed by atoms with Crippen LogP contribution in [0.2, 0.25) is 0 Å². The molecular weight excluding hydrogens is 236 g/mol. The van der Waals surface area contributed by atoms with E-state index in [0.717, 1.165) is 16.7 Å². The van der Waals surface area contributed by atoms with Gasteiger partial charge in [-0.2, -0.15) is 0 Å². The molecule has 1 radical (unpaired) electrons. The normalized spacial score (nSPS) is 15.7. The Morgan fingerprint density at radius 3 is 1.89 bits per heavy atom. The van der Waals surface area contributed by atoms with Gasteiger partial charge in [0.1, 0.15) is 11.7 Å². The fraction of sp³-hybridized carbons (Fsp3) is 0.0588. The van der Waals surface area contributed by atoms with Gasteiger partial charge in [0.05, 0.1) is 0 Å². The quantitative estimate of drug-likeness (QED) is 0.760. The maximum absolute atomic E-state index is 12.1. The van der Waals surface area contributed by atoms with Gasteiger partial charge >= 0.3 is 5.97 Å². The van der Waals surface area contributed by atoms with Gasteiger partial charge in [-0.25, -0.2) is 0 Å². The predicted octanol–water partition coefficient (Wildman–Crippen LogP) is 3.60. The van der Waals surface area contributed by atoms with Crippen molar-refractivity contribution in [2.45, 2.75) is 6.92 Å². The molecule has 2 nitrogen and oxygen atoms in total. The molecule has 2 heteroatoms. The summed E-state index contributed by atoms with van der Waals surface area (Å²) in [4.78, 5) is 12.1. The minimum Gasteiger partial charge on any atom is -0.430 e. The van der Waals surface area contributed by atoms with Crippen molar-refractivity contribution < 1.29 is 9.53 Å². The molecule has 0 fully saturated rings. The third kappa shape index (κ3) is 2.06. The Bertz CT molecular complexity index is 627. The summed E-state index contributed by atoms with van der Waals surface area (Å²) in [6.45, 7) is 1.83. The second kappa shape index (κ2) is 4.73. The number of cyclic esters (lactones) is 1. The highest BCUT2D eigenvalue weighted by Gasteiger charge is 2.36. The minimum atomic E-state index is -0.275. The first kappa shape index (κ1) is 11.7. The highest BCUT2D eigenvalue weighted by Crippen LogP contribution is 2.40. The van der Waals surface area contributed by atoms with E-state index < -0.39 is 0 Å². The summed E-state index contributed by atoms with van der Waals surface area (Å²) in [6, 6.07) is 19.5. The fourth-order valence-corrected chi connectivity index (χ4v) is 2.34. The Morgan fingerprint density at radius 1 is 0.789 bits per heavy atom. The summed E-state index contributed by atoms with van der Waals surface area (Å²) in [5.41, 5.74) is 2.78. The number of rotatable bonds is 2. The summed E-state index contributed by atoms with van der Waals surface area (Å²) in [7, 11) is 0. The molecule has 0 spiro atoms. The van der Waals surface area contributed by atoms with Crippen LogP contribution in [-0.4, -0.2) is 5.97 Å². The summed E-state index contributed by atoms with van der Waals surface area (Å²) in [6.07, 6.45) is 0. The van der Waals surface area contributed by atoms with Crippen LogP contribution < -0.4 is 0 Å². The van der Waals surface area contributed by atoms with E-state index in [4.69, 9.17) is 4.74 Å². The molecule has 0 unspecified atom stereocenters. The van der Waals surface area contributed by atoms with E-state index in [9.17, 15) is 4.79 Å². The average Bonchev–Trinajstić information content (AvgIpc) is 2.75. The standard InChI is InChI=1S/C17H13O2/c1-12-15(13-8-4-2-5-9-13)16(17(18)19-12)14-10-6-3-7-11-14/h2-11H,1H3. The molecule has 2 aromatic rings. The number of benzene rings is 2. The Balaban J connectivity index is 2.11. The van der Waals surface area contributed by atoms with Crippen LogP contribution in [0.15, 0.2) is 66.4 Å². The van der Waals surface area contributed by atoms with Gasteiger partial charge in [-0.15, -0.1) is 0 Å². The zero-order chi connectivity index (χ0) is 13.2.